The summed E-state index contributed by atoms with van der Waals surface area (Å²) in [6.07, 6.45) is -1.49. The van der Waals surface area contributed by atoms with E-state index in [4.69, 9.17) is 19.3 Å². The molecule has 0 aromatic rings. The minimum Gasteiger partial charge on any atom is -0.478 e. The monoisotopic (exact) mass is 444 g/mol. The molecule has 0 rings (SSSR count). The molecule has 0 fully saturated rings. The molecule has 168 valence electrons. The molecule has 0 bridgehead atoms. The first-order chi connectivity index (χ1) is 13.2. The van der Waals surface area contributed by atoms with Crippen LogP contribution >= 0.6 is 7.60 Å². The lowest BCUT2D eigenvalue weighted by Crippen LogP contribution is -2.16. The predicted octanol–water partition coefficient (Wildman–Crippen LogP) is 2.59. The van der Waals surface area contributed by atoms with Crippen molar-refractivity contribution in [1.29, 1.82) is 0 Å². The highest BCUT2D eigenvalue weighted by molar-refractivity contribution is 7.52. The molecule has 0 radical (unpaired) electrons. The number of hydrogen-bond donors (Lipinski definition) is 2. The van der Waals surface area contributed by atoms with Crippen LogP contribution in [0.4, 0.5) is 9.59 Å². The zero-order chi connectivity index (χ0) is 23.0. The highest BCUT2D eigenvalue weighted by Gasteiger charge is 2.20. The molecule has 2 N–H and O–H groups in total. The van der Waals surface area contributed by atoms with Crippen LogP contribution in [0.1, 0.15) is 27.7 Å². The van der Waals surface area contributed by atoms with Gasteiger partial charge in [-0.15, -0.1) is 0 Å². The van der Waals surface area contributed by atoms with Crippen LogP contribution in [0, 0.1) is 0 Å². The van der Waals surface area contributed by atoms with Gasteiger partial charge < -0.3 is 29.2 Å². The molecule has 29 heavy (non-hydrogen) atoms. The Bertz CT molecular complexity index is 563. The summed E-state index contributed by atoms with van der Waals surface area (Å²) < 4.78 is 39.5. The van der Waals surface area contributed by atoms with Crippen LogP contribution in [0.3, 0.4) is 0 Å². The molecule has 0 amide bonds. The lowest BCUT2D eigenvalue weighted by atomic mass is 10.5. The third kappa shape index (κ3) is 23.3. The second-order valence-corrected chi connectivity index (χ2v) is 7.46. The van der Waals surface area contributed by atoms with Crippen molar-refractivity contribution >= 4 is 31.8 Å². The Morgan fingerprint density at radius 3 is 1.34 bits per heavy atom. The molecule has 0 heterocycles. The van der Waals surface area contributed by atoms with Gasteiger partial charge in [-0.2, -0.15) is 0 Å². The molecule has 0 atom stereocenters. The van der Waals surface area contributed by atoms with E-state index in [2.05, 4.69) is 18.9 Å². The molecule has 0 aliphatic rings. The van der Waals surface area contributed by atoms with Gasteiger partial charge in [-0.1, -0.05) is 0 Å². The van der Waals surface area contributed by atoms with Gasteiger partial charge in [0.05, 0.1) is 12.2 Å². The van der Waals surface area contributed by atoms with E-state index >= 15 is 0 Å². The van der Waals surface area contributed by atoms with E-state index in [1.54, 1.807) is 27.7 Å². The molecule has 0 aromatic carbocycles. The van der Waals surface area contributed by atoms with Gasteiger partial charge in [0.25, 0.3) is 0 Å². The SMILES string of the molecule is CC(C)OC(=O)OCOP(C)(=O)OCOC(=O)OC(C)C.O=C(O)C=CC(=O)O. The summed E-state index contributed by atoms with van der Waals surface area (Å²) in [6.45, 7) is 6.47. The molecule has 0 unspecified atom stereocenters. The second kappa shape index (κ2) is 15.3. The average Bonchev–Trinajstić information content (AvgIpc) is 2.51. The van der Waals surface area contributed by atoms with Crippen LogP contribution < -0.4 is 0 Å². The van der Waals surface area contributed by atoms with Crippen LogP contribution in [0.2, 0.25) is 0 Å². The zero-order valence-electron chi connectivity index (χ0n) is 16.6. The first-order valence-electron chi connectivity index (χ1n) is 7.92. The molecule has 0 aliphatic heterocycles. The largest absolute Gasteiger partial charge is 0.510 e. The summed E-state index contributed by atoms with van der Waals surface area (Å²) in [5.41, 5.74) is 0. The van der Waals surface area contributed by atoms with Crippen LogP contribution in [-0.4, -0.2) is 66.9 Å². The summed E-state index contributed by atoms with van der Waals surface area (Å²) in [5.74, 6) is -2.51. The molecule has 14 heteroatoms. The Morgan fingerprint density at radius 2 is 1.10 bits per heavy atom. The number of carboxylic acid groups (broad SMARTS) is 2. The van der Waals surface area contributed by atoms with Gasteiger partial charge in [0.2, 0.25) is 13.6 Å². The predicted molar refractivity (Wildman–Crippen MR) is 95.3 cm³/mol. The van der Waals surface area contributed by atoms with E-state index in [0.717, 1.165) is 6.66 Å². The maximum absolute atomic E-state index is 11.7. The normalized spacial score (nSPS) is 10.9. The molecule has 0 saturated carbocycles. The van der Waals surface area contributed by atoms with E-state index in [1.807, 2.05) is 0 Å². The summed E-state index contributed by atoms with van der Waals surface area (Å²) in [5, 5.41) is 15.6. The average molecular weight is 444 g/mol. The summed E-state index contributed by atoms with van der Waals surface area (Å²) >= 11 is 0. The zero-order valence-corrected chi connectivity index (χ0v) is 17.5. The van der Waals surface area contributed by atoms with Gasteiger partial charge in [0, 0.05) is 18.8 Å². The maximum atomic E-state index is 11.7. The maximum Gasteiger partial charge on any atom is 0.510 e. The van der Waals surface area contributed by atoms with E-state index in [9.17, 15) is 23.7 Å². The number of rotatable bonds is 10. The number of hydrogen-bond acceptors (Lipinski definition) is 11. The standard InChI is InChI=1S/C11H21O9P.C4H4O4/c1-8(2)19-10(12)15-6-17-21(5,14)18-7-16-11(13)20-9(3)4;5-3(6)1-2-4(7)8/h8-9H,6-7H2,1-5H3;1-2H,(H,5,6)(H,7,8). The van der Waals surface area contributed by atoms with Crippen LogP contribution in [0.25, 0.3) is 0 Å². The Kier molecular flexibility index (Phi) is 15.1. The van der Waals surface area contributed by atoms with Crippen molar-refractivity contribution in [2.24, 2.45) is 0 Å². The first kappa shape index (κ1) is 28.6. The Morgan fingerprint density at radius 1 is 0.793 bits per heavy atom. The number of carboxylic acids is 2. The third-order valence-corrected chi connectivity index (χ3v) is 3.11. The number of ether oxygens (including phenoxy) is 4. The molecule has 0 aliphatic carbocycles. The number of carbonyl (C=O) groups excluding carboxylic acids is 2. The molecular formula is C15H25O13P. The van der Waals surface area contributed by atoms with Gasteiger partial charge in [-0.05, 0) is 27.7 Å². The second-order valence-electron chi connectivity index (χ2n) is 5.40. The minimum atomic E-state index is -3.54. The van der Waals surface area contributed by atoms with Crippen molar-refractivity contribution in [3.8, 4) is 0 Å². The van der Waals surface area contributed by atoms with Crippen LogP contribution in [0.15, 0.2) is 12.2 Å². The molecular weight excluding hydrogens is 419 g/mol. The highest BCUT2D eigenvalue weighted by Crippen LogP contribution is 2.43. The molecule has 0 spiro atoms. The third-order valence-electron chi connectivity index (χ3n) is 1.96. The van der Waals surface area contributed by atoms with Crippen LogP contribution in [0.5, 0.6) is 0 Å². The summed E-state index contributed by atoms with van der Waals surface area (Å²) in [7, 11) is -3.54. The van der Waals surface area contributed by atoms with Crippen molar-refractivity contribution in [1.82, 2.24) is 0 Å². The van der Waals surface area contributed by atoms with Gasteiger partial charge in [0.15, 0.2) is 0 Å². The van der Waals surface area contributed by atoms with Gasteiger partial charge in [0.1, 0.15) is 0 Å². The van der Waals surface area contributed by atoms with E-state index < -0.39 is 45.4 Å². The summed E-state index contributed by atoms with van der Waals surface area (Å²) in [6, 6.07) is 0. The fraction of sp³-hybridized carbons (Fsp3) is 0.600. The topological polar surface area (TPSA) is 181 Å². The van der Waals surface area contributed by atoms with E-state index in [0.29, 0.717) is 12.2 Å². The van der Waals surface area contributed by atoms with Crippen molar-refractivity contribution in [3.05, 3.63) is 12.2 Å². The Labute approximate surface area is 167 Å². The summed E-state index contributed by atoms with van der Waals surface area (Å²) in [4.78, 5) is 41.1. The minimum absolute atomic E-state index is 0.345. The number of aliphatic carboxylic acids is 2. The Balaban J connectivity index is 0. The lowest BCUT2D eigenvalue weighted by Gasteiger charge is -2.15. The number of carbonyl (C=O) groups is 4. The van der Waals surface area contributed by atoms with Crippen molar-refractivity contribution in [2.45, 2.75) is 39.9 Å². The Hall–Kier alpha value is -2.63. The van der Waals surface area contributed by atoms with Gasteiger partial charge in [-0.25, -0.2) is 19.2 Å². The van der Waals surface area contributed by atoms with Crippen molar-refractivity contribution < 1.29 is 62.0 Å². The van der Waals surface area contributed by atoms with Gasteiger partial charge >= 0.3 is 31.8 Å². The van der Waals surface area contributed by atoms with Crippen molar-refractivity contribution in [3.63, 3.8) is 0 Å². The van der Waals surface area contributed by atoms with Gasteiger partial charge in [-0.3, -0.25) is 13.6 Å². The fourth-order valence-electron chi connectivity index (χ4n) is 0.973. The molecule has 0 saturated heterocycles. The molecule has 0 aromatic heterocycles. The first-order valence-corrected chi connectivity index (χ1v) is 9.91. The van der Waals surface area contributed by atoms with E-state index in [-0.39, 0.29) is 12.2 Å². The molecule has 13 nitrogen and oxygen atoms in total. The fourth-order valence-corrected chi connectivity index (χ4v) is 1.54. The highest BCUT2D eigenvalue weighted by atomic mass is 31.2. The quantitative estimate of drug-likeness (QED) is 0.217. The van der Waals surface area contributed by atoms with Crippen molar-refractivity contribution in [2.75, 3.05) is 20.3 Å². The van der Waals surface area contributed by atoms with Crippen LogP contribution in [-0.2, 0) is 42.1 Å². The lowest BCUT2D eigenvalue weighted by molar-refractivity contribution is -0.134. The smallest absolute Gasteiger partial charge is 0.478 e. The van der Waals surface area contributed by atoms with E-state index in [1.165, 1.54) is 0 Å².